The highest BCUT2D eigenvalue weighted by Crippen LogP contribution is 2.18. The molecule has 1 N–H and O–H groups in total. The molecule has 1 nitrogen and oxygen atoms in total. The zero-order chi connectivity index (χ0) is 14.8. The maximum Gasteiger partial charge on any atom is 0.0352 e. The summed E-state index contributed by atoms with van der Waals surface area (Å²) < 4.78 is 0. The summed E-state index contributed by atoms with van der Waals surface area (Å²) in [6, 6.07) is 21.8. The lowest BCUT2D eigenvalue weighted by atomic mass is 10.0. The van der Waals surface area contributed by atoms with Crippen molar-refractivity contribution in [2.75, 3.05) is 6.54 Å². The highest BCUT2D eigenvalue weighted by molar-refractivity contribution is 5.21. The molecule has 1 heteroatoms. The molecule has 0 fully saturated rings. The van der Waals surface area contributed by atoms with E-state index in [0.717, 1.165) is 19.4 Å². The SMILES string of the molecule is CCC[CH]C(NCCCc1ccccc1)c1ccccc1. The normalized spacial score (nSPS) is 12.2. The van der Waals surface area contributed by atoms with Crippen LogP contribution in [-0.4, -0.2) is 6.54 Å². The summed E-state index contributed by atoms with van der Waals surface area (Å²) in [4.78, 5) is 0. The molecule has 0 saturated heterocycles. The fourth-order valence-corrected chi connectivity index (χ4v) is 2.53. The van der Waals surface area contributed by atoms with E-state index < -0.39 is 0 Å². The first-order valence-corrected chi connectivity index (χ1v) is 8.05. The largest absolute Gasteiger partial charge is 0.310 e. The van der Waals surface area contributed by atoms with Gasteiger partial charge in [-0.25, -0.2) is 0 Å². The van der Waals surface area contributed by atoms with Gasteiger partial charge in [-0.3, -0.25) is 0 Å². The molecule has 1 radical (unpaired) electrons. The van der Waals surface area contributed by atoms with Crippen molar-refractivity contribution in [3.05, 3.63) is 78.2 Å². The molecule has 0 aromatic heterocycles. The zero-order valence-corrected chi connectivity index (χ0v) is 13.0. The lowest BCUT2D eigenvalue weighted by Crippen LogP contribution is -2.23. The van der Waals surface area contributed by atoms with Crippen LogP contribution in [0.4, 0.5) is 0 Å². The second-order valence-corrected chi connectivity index (χ2v) is 5.46. The van der Waals surface area contributed by atoms with Gasteiger partial charge in [-0.2, -0.15) is 0 Å². The maximum atomic E-state index is 3.69. The van der Waals surface area contributed by atoms with Gasteiger partial charge in [0.1, 0.15) is 0 Å². The molecule has 111 valence electrons. The van der Waals surface area contributed by atoms with Crippen LogP contribution in [0, 0.1) is 6.42 Å². The average molecular weight is 280 g/mol. The van der Waals surface area contributed by atoms with Gasteiger partial charge >= 0.3 is 0 Å². The van der Waals surface area contributed by atoms with E-state index >= 15 is 0 Å². The van der Waals surface area contributed by atoms with Crippen LogP contribution < -0.4 is 5.32 Å². The number of hydrogen-bond donors (Lipinski definition) is 1. The zero-order valence-electron chi connectivity index (χ0n) is 13.0. The van der Waals surface area contributed by atoms with Crippen LogP contribution in [-0.2, 0) is 6.42 Å². The van der Waals surface area contributed by atoms with Crippen molar-refractivity contribution in [2.45, 2.75) is 38.6 Å². The predicted molar refractivity (Wildman–Crippen MR) is 91.2 cm³/mol. The van der Waals surface area contributed by atoms with Gasteiger partial charge < -0.3 is 5.32 Å². The molecule has 0 amide bonds. The lowest BCUT2D eigenvalue weighted by Gasteiger charge is -2.19. The van der Waals surface area contributed by atoms with Crippen molar-refractivity contribution in [3.8, 4) is 0 Å². The number of aryl methyl sites for hydroxylation is 1. The summed E-state index contributed by atoms with van der Waals surface area (Å²) in [5.41, 5.74) is 2.79. The topological polar surface area (TPSA) is 12.0 Å². The Bertz CT molecular complexity index is 478. The van der Waals surface area contributed by atoms with Crippen LogP contribution in [0.5, 0.6) is 0 Å². The molecule has 2 aromatic carbocycles. The van der Waals surface area contributed by atoms with Gasteiger partial charge in [0.2, 0.25) is 0 Å². The molecule has 2 aromatic rings. The third-order valence-corrected chi connectivity index (χ3v) is 3.70. The Morgan fingerprint density at radius 2 is 1.62 bits per heavy atom. The highest BCUT2D eigenvalue weighted by Gasteiger charge is 2.09. The van der Waals surface area contributed by atoms with E-state index in [0.29, 0.717) is 6.04 Å². The van der Waals surface area contributed by atoms with Crippen LogP contribution >= 0.6 is 0 Å². The number of benzene rings is 2. The van der Waals surface area contributed by atoms with E-state index in [-0.39, 0.29) is 0 Å². The van der Waals surface area contributed by atoms with Crippen molar-refractivity contribution in [1.82, 2.24) is 5.32 Å². The third kappa shape index (κ3) is 5.73. The van der Waals surface area contributed by atoms with Gasteiger partial charge in [0.05, 0.1) is 0 Å². The number of nitrogens with one attached hydrogen (secondary N) is 1. The van der Waals surface area contributed by atoms with Crippen LogP contribution in [0.2, 0.25) is 0 Å². The molecule has 0 aliphatic heterocycles. The second-order valence-electron chi connectivity index (χ2n) is 5.46. The molecule has 0 spiro atoms. The van der Waals surface area contributed by atoms with Crippen molar-refractivity contribution in [1.29, 1.82) is 0 Å². The van der Waals surface area contributed by atoms with Gasteiger partial charge in [-0.1, -0.05) is 74.0 Å². The first kappa shape index (κ1) is 15.8. The Balaban J connectivity index is 1.79. The summed E-state index contributed by atoms with van der Waals surface area (Å²) in [5.74, 6) is 0. The highest BCUT2D eigenvalue weighted by atomic mass is 14.9. The molecule has 0 heterocycles. The molecule has 21 heavy (non-hydrogen) atoms. The fraction of sp³-hybridized carbons (Fsp3) is 0.350. The molecule has 2 rings (SSSR count). The van der Waals surface area contributed by atoms with E-state index in [1.165, 1.54) is 24.0 Å². The van der Waals surface area contributed by atoms with E-state index in [4.69, 9.17) is 0 Å². The third-order valence-electron chi connectivity index (χ3n) is 3.70. The van der Waals surface area contributed by atoms with Gasteiger partial charge in [0.25, 0.3) is 0 Å². The average Bonchev–Trinajstić information content (AvgIpc) is 2.56. The summed E-state index contributed by atoms with van der Waals surface area (Å²) >= 11 is 0. The smallest absolute Gasteiger partial charge is 0.0352 e. The second kappa shape index (κ2) is 9.36. The van der Waals surface area contributed by atoms with Crippen LogP contribution in [0.3, 0.4) is 0 Å². The molecule has 0 aliphatic rings. The Morgan fingerprint density at radius 3 is 2.29 bits per heavy atom. The Morgan fingerprint density at radius 1 is 0.952 bits per heavy atom. The molecule has 1 atom stereocenters. The molecular formula is C20H26N. The Labute approximate surface area is 129 Å². The van der Waals surface area contributed by atoms with Crippen LogP contribution in [0.25, 0.3) is 0 Å². The molecule has 0 bridgehead atoms. The number of rotatable bonds is 9. The van der Waals surface area contributed by atoms with Gasteiger partial charge in [-0.05, 0) is 43.4 Å². The first-order chi connectivity index (χ1) is 10.4. The quantitative estimate of drug-likeness (QED) is 0.640. The monoisotopic (exact) mass is 280 g/mol. The van der Waals surface area contributed by atoms with Crippen LogP contribution in [0.15, 0.2) is 60.7 Å². The standard InChI is InChI=1S/C20H26N/c1-2-3-16-20(19-14-8-5-9-15-19)21-17-10-13-18-11-6-4-7-12-18/h4-9,11-12,14-16,20-21H,2-3,10,13,17H2,1H3. The van der Waals surface area contributed by atoms with Crippen molar-refractivity contribution in [2.24, 2.45) is 0 Å². The lowest BCUT2D eigenvalue weighted by molar-refractivity contribution is 0.554. The summed E-state index contributed by atoms with van der Waals surface area (Å²) in [6.45, 7) is 3.28. The Hall–Kier alpha value is -1.60. The van der Waals surface area contributed by atoms with Crippen molar-refractivity contribution < 1.29 is 0 Å². The van der Waals surface area contributed by atoms with Gasteiger partial charge in [0.15, 0.2) is 0 Å². The fourth-order valence-electron chi connectivity index (χ4n) is 2.53. The summed E-state index contributed by atoms with van der Waals surface area (Å²) in [5, 5.41) is 3.69. The predicted octanol–water partition coefficient (Wildman–Crippen LogP) is 4.95. The molecular weight excluding hydrogens is 254 g/mol. The summed E-state index contributed by atoms with van der Waals surface area (Å²) in [7, 11) is 0. The van der Waals surface area contributed by atoms with Gasteiger partial charge in [0, 0.05) is 6.04 Å². The van der Waals surface area contributed by atoms with Crippen LogP contribution in [0.1, 0.15) is 43.4 Å². The minimum atomic E-state index is 0.377. The van der Waals surface area contributed by atoms with Crippen molar-refractivity contribution >= 4 is 0 Å². The molecule has 0 aliphatic carbocycles. The first-order valence-electron chi connectivity index (χ1n) is 8.05. The van der Waals surface area contributed by atoms with E-state index in [1.807, 2.05) is 0 Å². The molecule has 1 unspecified atom stereocenters. The van der Waals surface area contributed by atoms with E-state index in [1.54, 1.807) is 0 Å². The summed E-state index contributed by atoms with van der Waals surface area (Å²) in [6.07, 6.45) is 7.08. The molecule has 0 saturated carbocycles. The van der Waals surface area contributed by atoms with Crippen molar-refractivity contribution in [3.63, 3.8) is 0 Å². The van der Waals surface area contributed by atoms with E-state index in [9.17, 15) is 0 Å². The minimum absolute atomic E-state index is 0.377. The number of unbranched alkanes of at least 4 members (excludes halogenated alkanes) is 1. The van der Waals surface area contributed by atoms with Gasteiger partial charge in [-0.15, -0.1) is 0 Å². The number of hydrogen-bond acceptors (Lipinski definition) is 1. The Kier molecular flexibility index (Phi) is 7.03. The minimum Gasteiger partial charge on any atom is -0.310 e. The maximum absolute atomic E-state index is 3.69. The van der Waals surface area contributed by atoms with E-state index in [2.05, 4.69) is 79.3 Å².